The second-order valence-corrected chi connectivity index (χ2v) is 13.8. The van der Waals surface area contributed by atoms with Crippen LogP contribution in [0.25, 0.3) is 11.1 Å². The molecule has 0 aromatic carbocycles. The number of hydrogen-bond donors (Lipinski definition) is 3. The summed E-state index contributed by atoms with van der Waals surface area (Å²) in [5, 5.41) is 21.5. The largest absolute Gasteiger partial charge is 0.444 e. The third kappa shape index (κ3) is 12.4. The molecule has 0 bridgehead atoms. The molecule has 0 radical (unpaired) electrons. The van der Waals surface area contributed by atoms with E-state index in [1.165, 1.54) is 11.1 Å². The van der Waals surface area contributed by atoms with E-state index >= 15 is 0 Å². The number of carbonyl (C=O) groups is 1. The fourth-order valence-electron chi connectivity index (χ4n) is 5.84. The number of aromatic nitrogens is 2. The minimum absolute atomic E-state index is 0. The van der Waals surface area contributed by atoms with E-state index in [1.807, 2.05) is 53.8 Å². The van der Waals surface area contributed by atoms with Crippen molar-refractivity contribution in [3.63, 3.8) is 0 Å². The van der Waals surface area contributed by atoms with E-state index in [0.717, 1.165) is 66.0 Å². The Bertz CT molecular complexity index is 1430. The van der Waals surface area contributed by atoms with Crippen LogP contribution in [0.3, 0.4) is 0 Å². The van der Waals surface area contributed by atoms with Crippen molar-refractivity contribution in [1.29, 1.82) is 0 Å². The minimum atomic E-state index is -0.699. The number of hydrogen-bond acceptors (Lipinski definition) is 9. The number of aryl methyl sites for hydroxylation is 2. The molecule has 0 aliphatic carbocycles. The van der Waals surface area contributed by atoms with E-state index in [2.05, 4.69) is 35.4 Å². The summed E-state index contributed by atoms with van der Waals surface area (Å²) in [5.74, 6) is -0.500. The lowest BCUT2D eigenvalue weighted by Crippen LogP contribution is -2.39. The van der Waals surface area contributed by atoms with Crippen molar-refractivity contribution in [3.8, 4) is 0 Å². The van der Waals surface area contributed by atoms with Crippen LogP contribution in [0.4, 0.5) is 4.79 Å². The molecule has 12 heteroatoms. The molecule has 48 heavy (non-hydrogen) atoms. The molecule has 0 unspecified atom stereocenters. The Labute approximate surface area is 298 Å². The zero-order valence-corrected chi connectivity index (χ0v) is 31.0. The maximum Gasteiger partial charge on any atom is 0.410 e. The van der Waals surface area contributed by atoms with Crippen molar-refractivity contribution < 1.29 is 29.2 Å². The van der Waals surface area contributed by atoms with Crippen molar-refractivity contribution in [2.75, 3.05) is 39.4 Å². The molecule has 2 aromatic rings. The van der Waals surface area contributed by atoms with Gasteiger partial charge in [0, 0.05) is 44.9 Å². The van der Waals surface area contributed by atoms with Gasteiger partial charge in [0.05, 0.1) is 36.8 Å². The molecule has 5 heterocycles. The van der Waals surface area contributed by atoms with Crippen LogP contribution in [-0.4, -0.2) is 94.2 Å². The zero-order chi connectivity index (χ0) is 33.5. The molecule has 2 atom stereocenters. The van der Waals surface area contributed by atoms with Gasteiger partial charge in [-0.3, -0.25) is 9.97 Å². The Hall–Kier alpha value is -2.57. The van der Waals surface area contributed by atoms with Crippen molar-refractivity contribution in [2.24, 2.45) is 0 Å². The van der Waals surface area contributed by atoms with Gasteiger partial charge in [0.1, 0.15) is 5.60 Å². The predicted octanol–water partition coefficient (Wildman–Crippen LogP) is 5.61. The van der Waals surface area contributed by atoms with Gasteiger partial charge in [-0.25, -0.2) is 4.79 Å². The van der Waals surface area contributed by atoms with Crippen LogP contribution in [0, 0.1) is 13.8 Å². The minimum Gasteiger partial charge on any atom is -0.444 e. The molecule has 2 aromatic heterocycles. The smallest absolute Gasteiger partial charge is 0.410 e. The summed E-state index contributed by atoms with van der Waals surface area (Å²) in [5.41, 5.74) is 8.46. The number of carbonyl (C=O) groups excluding carboxylic acids is 1. The van der Waals surface area contributed by atoms with Gasteiger partial charge in [0.2, 0.25) is 0 Å². The van der Waals surface area contributed by atoms with Gasteiger partial charge in [0.15, 0.2) is 5.79 Å². The molecule has 268 valence electrons. The van der Waals surface area contributed by atoms with Gasteiger partial charge in [-0.15, -0.1) is 24.8 Å². The maximum absolute atomic E-state index is 12.2. The number of rotatable bonds is 7. The SMILES string of the molecule is Cc1cc(C[C@@H](O)CO)cnc1C1=CCNCC1.Cc1cc(C[C@@H]2COC(C)(C)O2)cnc1C1=CCN(C(=O)OC(C)(C)C)CC1.Cl.Cl. The standard InChI is InChI=1S/C22H32N2O4.C14H20N2O2.2ClH/c1-15-11-16(12-18-14-26-22(5,6)27-18)13-23-19(15)17-7-9-24(10-8-17)20(25)28-21(2,3)4;1-10-6-11(7-13(18)9-17)8-16-14(10)12-2-4-15-5-3-12;;/h7,11,13,18H,8-10,12,14H2,1-6H3;2,6,8,13,15,17-18H,3-5,7,9H2,1H3;2*1H/t18-;13-;;/m11../s1. The summed E-state index contributed by atoms with van der Waals surface area (Å²) in [4.78, 5) is 23.2. The van der Waals surface area contributed by atoms with Crippen LogP contribution in [-0.2, 0) is 27.1 Å². The number of halogens is 2. The van der Waals surface area contributed by atoms with Crippen LogP contribution in [0.2, 0.25) is 0 Å². The highest BCUT2D eigenvalue weighted by atomic mass is 35.5. The second-order valence-electron chi connectivity index (χ2n) is 13.8. The molecule has 1 amide bonds. The van der Waals surface area contributed by atoms with Crippen molar-refractivity contribution in [1.82, 2.24) is 20.2 Å². The van der Waals surface area contributed by atoms with Gasteiger partial charge in [0.25, 0.3) is 0 Å². The van der Waals surface area contributed by atoms with Gasteiger partial charge < -0.3 is 34.6 Å². The van der Waals surface area contributed by atoms with Crippen LogP contribution in [0.1, 0.15) is 81.1 Å². The molecular weight excluding hydrogens is 655 g/mol. The fourth-order valence-corrected chi connectivity index (χ4v) is 5.84. The van der Waals surface area contributed by atoms with Gasteiger partial charge >= 0.3 is 6.09 Å². The van der Waals surface area contributed by atoms with E-state index in [9.17, 15) is 9.90 Å². The first kappa shape index (κ1) is 41.6. The van der Waals surface area contributed by atoms with Gasteiger partial charge in [-0.1, -0.05) is 24.3 Å². The lowest BCUT2D eigenvalue weighted by atomic mass is 9.99. The lowest BCUT2D eigenvalue weighted by Gasteiger charge is -2.29. The second kappa shape index (κ2) is 18.4. The highest BCUT2D eigenvalue weighted by Crippen LogP contribution is 2.28. The monoisotopic (exact) mass is 708 g/mol. The van der Waals surface area contributed by atoms with E-state index in [0.29, 0.717) is 26.1 Å². The summed E-state index contributed by atoms with van der Waals surface area (Å²) in [6, 6.07) is 4.22. The molecule has 10 nitrogen and oxygen atoms in total. The number of aliphatic hydroxyl groups is 2. The number of aliphatic hydroxyl groups excluding tert-OH is 2. The van der Waals surface area contributed by atoms with Crippen molar-refractivity contribution in [2.45, 2.75) is 97.7 Å². The van der Waals surface area contributed by atoms with Crippen LogP contribution in [0.15, 0.2) is 36.7 Å². The average Bonchev–Trinajstić information content (AvgIpc) is 3.35. The Balaban J connectivity index is 0.000000348. The normalized spacial score (nSPS) is 19.4. The molecule has 0 spiro atoms. The summed E-state index contributed by atoms with van der Waals surface area (Å²) in [7, 11) is 0. The lowest BCUT2D eigenvalue weighted by molar-refractivity contribution is -0.138. The van der Waals surface area contributed by atoms with Crippen LogP contribution in [0.5, 0.6) is 0 Å². The Morgan fingerprint density at radius 3 is 2.19 bits per heavy atom. The molecule has 1 saturated heterocycles. The first-order valence-electron chi connectivity index (χ1n) is 16.3. The molecule has 1 fully saturated rings. The molecule has 3 aliphatic rings. The van der Waals surface area contributed by atoms with Crippen molar-refractivity contribution >= 4 is 42.1 Å². The van der Waals surface area contributed by atoms with Gasteiger partial charge in [-0.05, 0) is 101 Å². The third-order valence-electron chi connectivity index (χ3n) is 8.02. The van der Waals surface area contributed by atoms with E-state index < -0.39 is 17.5 Å². The summed E-state index contributed by atoms with van der Waals surface area (Å²) < 4.78 is 17.0. The number of nitrogens with one attached hydrogen (secondary N) is 1. The number of nitrogens with zero attached hydrogens (tertiary/aromatic N) is 3. The molecule has 5 rings (SSSR count). The van der Waals surface area contributed by atoms with E-state index in [-0.39, 0.29) is 43.6 Å². The molecule has 3 N–H and O–H groups in total. The Morgan fingerprint density at radius 1 is 1.06 bits per heavy atom. The van der Waals surface area contributed by atoms with Crippen molar-refractivity contribution in [3.05, 3.63) is 70.3 Å². The number of pyridine rings is 2. The zero-order valence-electron chi connectivity index (χ0n) is 29.4. The third-order valence-corrected chi connectivity index (χ3v) is 8.02. The maximum atomic E-state index is 12.2. The summed E-state index contributed by atoms with van der Waals surface area (Å²) in [6.07, 6.45) is 10.1. The van der Waals surface area contributed by atoms with E-state index in [1.54, 1.807) is 11.1 Å². The van der Waals surface area contributed by atoms with E-state index in [4.69, 9.17) is 24.3 Å². The average molecular weight is 710 g/mol. The van der Waals surface area contributed by atoms with Crippen LogP contribution >= 0.6 is 24.8 Å². The predicted molar refractivity (Wildman–Crippen MR) is 194 cm³/mol. The number of ether oxygens (including phenoxy) is 3. The van der Waals surface area contributed by atoms with Gasteiger partial charge in [-0.2, -0.15) is 0 Å². The molecule has 0 saturated carbocycles. The fraction of sp³-hybridized carbons (Fsp3) is 0.583. The summed E-state index contributed by atoms with van der Waals surface area (Å²) >= 11 is 0. The van der Waals surface area contributed by atoms with Crippen LogP contribution < -0.4 is 5.32 Å². The Morgan fingerprint density at radius 2 is 1.69 bits per heavy atom. The Kier molecular flexibility index (Phi) is 16.0. The first-order chi connectivity index (χ1) is 21.7. The molecule has 3 aliphatic heterocycles. The molecular formula is C36H54Cl2N4O6. The first-order valence-corrected chi connectivity index (χ1v) is 16.3. The summed E-state index contributed by atoms with van der Waals surface area (Å²) in [6.45, 7) is 17.2. The number of amides is 1. The highest BCUT2D eigenvalue weighted by Gasteiger charge is 2.32. The topological polar surface area (TPSA) is 126 Å². The highest BCUT2D eigenvalue weighted by molar-refractivity contribution is 5.85. The quantitative estimate of drug-likeness (QED) is 0.336.